The highest BCUT2D eigenvalue weighted by atomic mass is 35.5. The lowest BCUT2D eigenvalue weighted by Crippen LogP contribution is -2.27. The fourth-order valence-corrected chi connectivity index (χ4v) is 2.92. The molecule has 2 fully saturated rings. The fourth-order valence-electron chi connectivity index (χ4n) is 2.60. The number of carbonyl (C=O) groups excluding carboxylic acids is 2. The monoisotopic (exact) mass is 344 g/mol. The molecule has 1 heterocycles. The summed E-state index contributed by atoms with van der Waals surface area (Å²) >= 11 is 6.27. The molecule has 0 unspecified atom stereocenters. The summed E-state index contributed by atoms with van der Waals surface area (Å²) < 4.78 is 0. The zero-order valence-corrected chi connectivity index (χ0v) is 13.7. The molecule has 1 aromatic carbocycles. The van der Waals surface area contributed by atoms with Crippen LogP contribution in [0.2, 0.25) is 5.02 Å². The van der Waals surface area contributed by atoms with E-state index in [1.165, 1.54) is 0 Å². The summed E-state index contributed by atoms with van der Waals surface area (Å²) in [5, 5.41) is 12.9. The largest absolute Gasteiger partial charge is 0.349 e. The molecule has 2 aliphatic rings. The van der Waals surface area contributed by atoms with Crippen molar-refractivity contribution in [3.05, 3.63) is 46.2 Å². The Balaban J connectivity index is 1.54. The summed E-state index contributed by atoms with van der Waals surface area (Å²) in [6.07, 6.45) is 4.14. The molecule has 3 N–H and O–H groups in total. The lowest BCUT2D eigenvalue weighted by molar-refractivity contribution is 0.0952. The van der Waals surface area contributed by atoms with E-state index in [-0.39, 0.29) is 17.6 Å². The van der Waals surface area contributed by atoms with Gasteiger partial charge in [-0.15, -0.1) is 0 Å². The maximum atomic E-state index is 12.5. The van der Waals surface area contributed by atoms with Gasteiger partial charge in [-0.05, 0) is 37.8 Å². The molecule has 2 aliphatic carbocycles. The first-order valence-corrected chi connectivity index (χ1v) is 8.46. The highest BCUT2D eigenvalue weighted by molar-refractivity contribution is 6.34. The molecule has 124 valence electrons. The van der Waals surface area contributed by atoms with E-state index in [9.17, 15) is 9.59 Å². The molecule has 24 heavy (non-hydrogen) atoms. The number of nitrogens with zero attached hydrogens (tertiary/aromatic N) is 1. The SMILES string of the molecule is O=C(NC1CC1)c1ccccc1NC(=O)c1n[nH]c(C2CC2)c1Cl. The number of hydrogen-bond acceptors (Lipinski definition) is 3. The number of aromatic amines is 1. The van der Waals surface area contributed by atoms with Crippen LogP contribution in [0.15, 0.2) is 24.3 Å². The van der Waals surface area contributed by atoms with Crippen LogP contribution >= 0.6 is 11.6 Å². The van der Waals surface area contributed by atoms with Crippen LogP contribution < -0.4 is 10.6 Å². The van der Waals surface area contributed by atoms with Gasteiger partial charge in [0.2, 0.25) is 0 Å². The Kier molecular flexibility index (Phi) is 3.76. The van der Waals surface area contributed by atoms with Crippen LogP contribution in [0, 0.1) is 0 Å². The van der Waals surface area contributed by atoms with Gasteiger partial charge in [0.25, 0.3) is 11.8 Å². The topological polar surface area (TPSA) is 86.9 Å². The highest BCUT2D eigenvalue weighted by Gasteiger charge is 2.31. The minimum Gasteiger partial charge on any atom is -0.349 e. The van der Waals surface area contributed by atoms with Crippen molar-refractivity contribution in [3.63, 3.8) is 0 Å². The number of aromatic nitrogens is 2. The third-order valence-corrected chi connectivity index (χ3v) is 4.65. The molecule has 0 atom stereocenters. The Morgan fingerprint density at radius 3 is 2.58 bits per heavy atom. The number of halogens is 1. The Morgan fingerprint density at radius 1 is 1.12 bits per heavy atom. The van der Waals surface area contributed by atoms with E-state index in [0.29, 0.717) is 22.2 Å². The van der Waals surface area contributed by atoms with Crippen LogP contribution in [0.4, 0.5) is 5.69 Å². The maximum absolute atomic E-state index is 12.5. The van der Waals surface area contributed by atoms with Crippen molar-refractivity contribution in [2.75, 3.05) is 5.32 Å². The van der Waals surface area contributed by atoms with Gasteiger partial charge < -0.3 is 10.6 Å². The van der Waals surface area contributed by atoms with Crippen LogP contribution in [0.3, 0.4) is 0 Å². The third-order valence-electron chi connectivity index (χ3n) is 4.27. The van der Waals surface area contributed by atoms with Crippen molar-refractivity contribution in [2.45, 2.75) is 37.6 Å². The summed E-state index contributed by atoms with van der Waals surface area (Å²) in [6.45, 7) is 0. The second-order valence-electron chi connectivity index (χ2n) is 6.32. The normalized spacial score (nSPS) is 16.7. The first kappa shape index (κ1) is 15.2. The van der Waals surface area contributed by atoms with Gasteiger partial charge in [0, 0.05) is 12.0 Å². The number of rotatable bonds is 5. The average molecular weight is 345 g/mol. The van der Waals surface area contributed by atoms with Crippen molar-refractivity contribution in [3.8, 4) is 0 Å². The zero-order valence-electron chi connectivity index (χ0n) is 12.9. The van der Waals surface area contributed by atoms with Gasteiger partial charge in [0.15, 0.2) is 5.69 Å². The molecule has 6 nitrogen and oxygen atoms in total. The Hall–Kier alpha value is -2.34. The number of carbonyl (C=O) groups is 2. The van der Waals surface area contributed by atoms with Gasteiger partial charge in [0.1, 0.15) is 0 Å². The molecule has 4 rings (SSSR count). The standard InChI is InChI=1S/C17H17ClN4O2/c18-13-14(9-5-6-9)21-22-15(13)17(24)20-12-4-2-1-3-11(12)16(23)19-10-7-8-10/h1-4,9-10H,5-8H2,(H,19,23)(H,20,24)(H,21,22). The smallest absolute Gasteiger partial charge is 0.277 e. The first-order chi connectivity index (χ1) is 11.6. The predicted octanol–water partition coefficient (Wildman–Crippen LogP) is 3.09. The highest BCUT2D eigenvalue weighted by Crippen LogP contribution is 2.42. The van der Waals surface area contributed by atoms with E-state index >= 15 is 0 Å². The predicted molar refractivity (Wildman–Crippen MR) is 90.5 cm³/mol. The second-order valence-corrected chi connectivity index (χ2v) is 6.70. The van der Waals surface area contributed by atoms with Crippen LogP contribution in [-0.4, -0.2) is 28.1 Å². The first-order valence-electron chi connectivity index (χ1n) is 8.08. The molecule has 0 saturated heterocycles. The third kappa shape index (κ3) is 3.01. The number of hydrogen-bond donors (Lipinski definition) is 3. The minimum atomic E-state index is -0.421. The molecule has 0 spiro atoms. The van der Waals surface area contributed by atoms with Crippen molar-refractivity contribution in [1.29, 1.82) is 0 Å². The van der Waals surface area contributed by atoms with Gasteiger partial charge in [-0.2, -0.15) is 5.10 Å². The summed E-state index contributed by atoms with van der Waals surface area (Å²) in [4.78, 5) is 24.8. The average Bonchev–Trinajstić information content (AvgIpc) is 3.48. The maximum Gasteiger partial charge on any atom is 0.277 e. The Labute approximate surface area is 144 Å². The van der Waals surface area contributed by atoms with Gasteiger partial charge in [-0.1, -0.05) is 23.7 Å². The van der Waals surface area contributed by atoms with Crippen LogP contribution in [-0.2, 0) is 0 Å². The molecule has 0 radical (unpaired) electrons. The molecule has 2 saturated carbocycles. The molecule has 2 aromatic rings. The molecule has 0 aliphatic heterocycles. The number of anilines is 1. The van der Waals surface area contributed by atoms with Gasteiger partial charge in [-0.25, -0.2) is 0 Å². The minimum absolute atomic E-state index is 0.163. The summed E-state index contributed by atoms with van der Waals surface area (Å²) in [7, 11) is 0. The lowest BCUT2D eigenvalue weighted by atomic mass is 10.1. The van der Waals surface area contributed by atoms with Crippen LogP contribution in [0.5, 0.6) is 0 Å². The second kappa shape index (κ2) is 5.94. The molecular weight excluding hydrogens is 328 g/mol. The number of nitrogens with one attached hydrogen (secondary N) is 3. The van der Waals surface area contributed by atoms with E-state index < -0.39 is 5.91 Å². The Bertz CT molecular complexity index is 809. The Morgan fingerprint density at radius 2 is 1.88 bits per heavy atom. The van der Waals surface area contributed by atoms with E-state index in [1.54, 1.807) is 24.3 Å². The number of H-pyrrole nitrogens is 1. The quantitative estimate of drug-likeness (QED) is 0.779. The van der Waals surface area contributed by atoms with Crippen LogP contribution in [0.1, 0.15) is 58.1 Å². The van der Waals surface area contributed by atoms with E-state index in [4.69, 9.17) is 11.6 Å². The van der Waals surface area contributed by atoms with Crippen LogP contribution in [0.25, 0.3) is 0 Å². The molecule has 1 aromatic heterocycles. The van der Waals surface area contributed by atoms with Gasteiger partial charge >= 0.3 is 0 Å². The van der Waals surface area contributed by atoms with Crippen molar-refractivity contribution < 1.29 is 9.59 Å². The molecule has 2 amide bonds. The summed E-state index contributed by atoms with van der Waals surface area (Å²) in [5.74, 6) is -0.224. The molecule has 0 bridgehead atoms. The number of benzene rings is 1. The fraction of sp³-hybridized carbons (Fsp3) is 0.353. The van der Waals surface area contributed by atoms with Gasteiger partial charge in [0.05, 0.1) is 22.0 Å². The number of amides is 2. The molecular formula is C17H17ClN4O2. The number of para-hydroxylation sites is 1. The van der Waals surface area contributed by atoms with Crippen molar-refractivity contribution in [2.24, 2.45) is 0 Å². The van der Waals surface area contributed by atoms with E-state index in [2.05, 4.69) is 20.8 Å². The van der Waals surface area contributed by atoms with E-state index in [0.717, 1.165) is 31.4 Å². The van der Waals surface area contributed by atoms with Crippen molar-refractivity contribution in [1.82, 2.24) is 15.5 Å². The zero-order chi connectivity index (χ0) is 16.7. The van der Waals surface area contributed by atoms with Crippen molar-refractivity contribution >= 4 is 29.1 Å². The van der Waals surface area contributed by atoms with Gasteiger partial charge in [-0.3, -0.25) is 14.7 Å². The summed E-state index contributed by atoms with van der Waals surface area (Å²) in [6, 6.07) is 7.18. The lowest BCUT2D eigenvalue weighted by Gasteiger charge is -2.10. The molecule has 7 heteroatoms. The summed E-state index contributed by atoms with van der Waals surface area (Å²) in [5.41, 5.74) is 1.87. The van der Waals surface area contributed by atoms with E-state index in [1.807, 2.05) is 0 Å².